The Kier molecular flexibility index (Phi) is 4.41. The van der Waals surface area contributed by atoms with Crippen LogP contribution in [0.2, 0.25) is 0 Å². The van der Waals surface area contributed by atoms with Gasteiger partial charge in [-0.25, -0.2) is 4.99 Å². The van der Waals surface area contributed by atoms with E-state index >= 15 is 0 Å². The summed E-state index contributed by atoms with van der Waals surface area (Å²) < 4.78 is 0. The van der Waals surface area contributed by atoms with Crippen LogP contribution in [0.25, 0.3) is 0 Å². The maximum atomic E-state index is 6.00. The van der Waals surface area contributed by atoms with E-state index in [9.17, 15) is 0 Å². The summed E-state index contributed by atoms with van der Waals surface area (Å²) in [5, 5.41) is 0. The molecule has 0 aromatic heterocycles. The Morgan fingerprint density at radius 1 is 0.917 bits per heavy atom. The first-order chi connectivity index (χ1) is 11.5. The fourth-order valence-corrected chi connectivity index (χ4v) is 3.77. The zero-order chi connectivity index (χ0) is 17.3. The molecule has 24 heavy (non-hydrogen) atoms. The van der Waals surface area contributed by atoms with Crippen molar-refractivity contribution >= 4 is 23.2 Å². The number of guanidine groups is 1. The van der Waals surface area contributed by atoms with E-state index in [-0.39, 0.29) is 6.04 Å². The molecule has 0 unspecified atom stereocenters. The normalized spacial score (nSPS) is 16.5. The lowest BCUT2D eigenvalue weighted by Gasteiger charge is -2.32. The molecule has 0 radical (unpaired) electrons. The number of hydrogen-bond acceptors (Lipinski definition) is 3. The van der Waals surface area contributed by atoms with Gasteiger partial charge in [0, 0.05) is 20.1 Å². The van der Waals surface area contributed by atoms with Crippen molar-refractivity contribution in [1.29, 1.82) is 0 Å². The van der Waals surface area contributed by atoms with Crippen molar-refractivity contribution in [1.82, 2.24) is 9.80 Å². The number of aliphatic imine (C=N–C) groups is 1. The number of rotatable bonds is 3. The highest BCUT2D eigenvalue weighted by atomic mass is 32.1. The average molecular weight is 337 g/mol. The SMILES string of the molecule is CC(C)N1C(=S)C(c2ccccc2)(c2ccccc2)N=C1N(C)C. The number of hydrogen-bond donors (Lipinski definition) is 0. The Bertz CT molecular complexity index is 711. The van der Waals surface area contributed by atoms with Crippen molar-refractivity contribution in [3.05, 3.63) is 71.8 Å². The number of benzene rings is 2. The molecule has 0 saturated heterocycles. The zero-order valence-corrected chi connectivity index (χ0v) is 15.4. The highest BCUT2D eigenvalue weighted by Crippen LogP contribution is 2.41. The average Bonchev–Trinajstić information content (AvgIpc) is 2.91. The van der Waals surface area contributed by atoms with E-state index in [1.807, 2.05) is 55.4 Å². The fraction of sp³-hybridized carbons (Fsp3) is 0.300. The highest BCUT2D eigenvalue weighted by Gasteiger charge is 2.48. The van der Waals surface area contributed by atoms with Crippen LogP contribution in [-0.2, 0) is 5.54 Å². The van der Waals surface area contributed by atoms with E-state index in [1.165, 1.54) is 0 Å². The van der Waals surface area contributed by atoms with Crippen LogP contribution in [0.1, 0.15) is 25.0 Å². The van der Waals surface area contributed by atoms with E-state index < -0.39 is 5.54 Å². The number of nitrogens with zero attached hydrogens (tertiary/aromatic N) is 3. The van der Waals surface area contributed by atoms with E-state index in [4.69, 9.17) is 17.2 Å². The molecule has 0 spiro atoms. The lowest BCUT2D eigenvalue weighted by Crippen LogP contribution is -2.47. The van der Waals surface area contributed by atoms with Gasteiger partial charge in [-0.2, -0.15) is 0 Å². The van der Waals surface area contributed by atoms with Crippen molar-refractivity contribution in [3.8, 4) is 0 Å². The zero-order valence-electron chi connectivity index (χ0n) is 14.6. The summed E-state index contributed by atoms with van der Waals surface area (Å²) >= 11 is 6.00. The van der Waals surface area contributed by atoms with Gasteiger partial charge in [-0.1, -0.05) is 72.9 Å². The van der Waals surface area contributed by atoms with Crippen molar-refractivity contribution in [2.45, 2.75) is 25.4 Å². The van der Waals surface area contributed by atoms with Gasteiger partial charge in [0.15, 0.2) is 5.54 Å². The molecule has 0 atom stereocenters. The summed E-state index contributed by atoms with van der Waals surface area (Å²) in [6, 6.07) is 20.9. The predicted molar refractivity (Wildman–Crippen MR) is 104 cm³/mol. The monoisotopic (exact) mass is 337 g/mol. The van der Waals surface area contributed by atoms with Crippen LogP contribution < -0.4 is 0 Å². The quantitative estimate of drug-likeness (QED) is 0.792. The first-order valence-corrected chi connectivity index (χ1v) is 8.61. The first kappa shape index (κ1) is 16.7. The molecule has 0 saturated carbocycles. The van der Waals surface area contributed by atoms with Crippen LogP contribution in [0, 0.1) is 0 Å². The molecule has 4 heteroatoms. The lowest BCUT2D eigenvalue weighted by molar-refractivity contribution is 0.441. The van der Waals surface area contributed by atoms with Crippen molar-refractivity contribution < 1.29 is 0 Å². The molecule has 0 fully saturated rings. The van der Waals surface area contributed by atoms with Crippen LogP contribution in [0.4, 0.5) is 0 Å². The van der Waals surface area contributed by atoms with Gasteiger partial charge < -0.3 is 9.80 Å². The van der Waals surface area contributed by atoms with Crippen LogP contribution in [-0.4, -0.2) is 40.9 Å². The minimum Gasteiger partial charge on any atom is -0.349 e. The molecular formula is C20H23N3S. The second-order valence-electron chi connectivity index (χ2n) is 6.52. The molecule has 2 aromatic carbocycles. The molecule has 3 nitrogen and oxygen atoms in total. The molecule has 0 bridgehead atoms. The topological polar surface area (TPSA) is 18.8 Å². The number of thiocarbonyl (C=S) groups is 1. The maximum absolute atomic E-state index is 6.00. The Morgan fingerprint density at radius 3 is 1.71 bits per heavy atom. The van der Waals surface area contributed by atoms with Gasteiger partial charge >= 0.3 is 0 Å². The third-order valence-corrected chi connectivity index (χ3v) is 4.80. The van der Waals surface area contributed by atoms with Crippen LogP contribution in [0.3, 0.4) is 0 Å². The van der Waals surface area contributed by atoms with Gasteiger partial charge in [-0.15, -0.1) is 0 Å². The van der Waals surface area contributed by atoms with E-state index in [1.54, 1.807) is 0 Å². The summed E-state index contributed by atoms with van der Waals surface area (Å²) in [6.45, 7) is 4.30. The van der Waals surface area contributed by atoms with Gasteiger partial charge in [0.1, 0.15) is 4.99 Å². The third kappa shape index (κ3) is 2.51. The predicted octanol–water partition coefficient (Wildman–Crippen LogP) is 3.90. The van der Waals surface area contributed by atoms with Crippen LogP contribution >= 0.6 is 12.2 Å². The molecule has 1 aliphatic rings. The summed E-state index contributed by atoms with van der Waals surface area (Å²) in [7, 11) is 4.03. The van der Waals surface area contributed by atoms with Gasteiger partial charge in [0.25, 0.3) is 0 Å². The van der Waals surface area contributed by atoms with Crippen molar-refractivity contribution in [3.63, 3.8) is 0 Å². The molecule has 0 aliphatic carbocycles. The lowest BCUT2D eigenvalue weighted by atomic mass is 9.83. The van der Waals surface area contributed by atoms with Gasteiger partial charge in [-0.05, 0) is 25.0 Å². The molecule has 3 rings (SSSR count). The smallest absolute Gasteiger partial charge is 0.203 e. The second kappa shape index (κ2) is 6.36. The summed E-state index contributed by atoms with van der Waals surface area (Å²) in [4.78, 5) is 10.2. The van der Waals surface area contributed by atoms with E-state index in [0.717, 1.165) is 22.1 Å². The van der Waals surface area contributed by atoms with Gasteiger partial charge in [0.05, 0.1) is 0 Å². The maximum Gasteiger partial charge on any atom is 0.203 e. The molecule has 124 valence electrons. The summed E-state index contributed by atoms with van der Waals surface area (Å²) in [5.74, 6) is 0.905. The van der Waals surface area contributed by atoms with Gasteiger partial charge in [0.2, 0.25) is 5.96 Å². The van der Waals surface area contributed by atoms with Crippen molar-refractivity contribution in [2.24, 2.45) is 4.99 Å². The molecule has 1 heterocycles. The van der Waals surface area contributed by atoms with Crippen LogP contribution in [0.5, 0.6) is 0 Å². The Balaban J connectivity index is 2.29. The Hall–Kier alpha value is -2.20. The molecule has 0 amide bonds. The minimum absolute atomic E-state index is 0.243. The molecule has 2 aromatic rings. The summed E-state index contributed by atoms with van der Waals surface area (Å²) in [6.07, 6.45) is 0. The molecular weight excluding hydrogens is 314 g/mol. The van der Waals surface area contributed by atoms with Crippen LogP contribution in [0.15, 0.2) is 65.7 Å². The standard InChI is InChI=1S/C20H23N3S/c1-15(2)23-18(24)20(21-19(23)22(3)4,16-11-7-5-8-12-16)17-13-9-6-10-14-17/h5-15H,1-4H3. The largest absolute Gasteiger partial charge is 0.349 e. The van der Waals surface area contributed by atoms with E-state index in [0.29, 0.717) is 0 Å². The van der Waals surface area contributed by atoms with E-state index in [2.05, 4.69) is 43.0 Å². The Labute approximate surface area is 149 Å². The fourth-order valence-electron chi connectivity index (χ4n) is 3.20. The third-order valence-electron chi connectivity index (χ3n) is 4.31. The second-order valence-corrected chi connectivity index (χ2v) is 6.90. The minimum atomic E-state index is -0.651. The molecule has 0 N–H and O–H groups in total. The van der Waals surface area contributed by atoms with Crippen molar-refractivity contribution in [2.75, 3.05) is 14.1 Å². The molecule has 1 aliphatic heterocycles. The van der Waals surface area contributed by atoms with Gasteiger partial charge in [-0.3, -0.25) is 0 Å². The Morgan fingerprint density at radius 2 is 1.38 bits per heavy atom. The first-order valence-electron chi connectivity index (χ1n) is 8.20. The highest BCUT2D eigenvalue weighted by molar-refractivity contribution is 7.80. The summed E-state index contributed by atoms with van der Waals surface area (Å²) in [5.41, 5.74) is 1.55.